The van der Waals surface area contributed by atoms with E-state index in [0.29, 0.717) is 11.3 Å². The number of amidine groups is 1. The molecule has 1 aromatic rings. The number of nitrogen functional groups attached to an aromatic ring is 1. The van der Waals surface area contributed by atoms with Gasteiger partial charge < -0.3 is 15.6 Å². The molecule has 1 aromatic carbocycles. The van der Waals surface area contributed by atoms with E-state index in [1.165, 1.54) is 0 Å². The van der Waals surface area contributed by atoms with Crippen molar-refractivity contribution in [1.29, 1.82) is 5.41 Å². The first-order valence-corrected chi connectivity index (χ1v) is 7.21. The summed E-state index contributed by atoms with van der Waals surface area (Å²) in [6.07, 6.45) is 0. The molecule has 6 nitrogen and oxygen atoms in total. The largest absolute Gasteiger partial charge is 0.496 e. The number of aliphatic hydroxyl groups excluding tert-OH is 1. The lowest BCUT2D eigenvalue weighted by Crippen LogP contribution is -2.46. The van der Waals surface area contributed by atoms with Crippen molar-refractivity contribution in [2.45, 2.75) is 6.54 Å². The number of piperazine rings is 1. The van der Waals surface area contributed by atoms with Crippen LogP contribution < -0.4 is 10.5 Å². The molecule has 1 heterocycles. The van der Waals surface area contributed by atoms with E-state index in [-0.39, 0.29) is 12.4 Å². The molecule has 0 unspecified atom stereocenters. The number of β-amino-alcohol motifs (C(OH)–C–C–N with tert-alkyl or cyclic N) is 1. The summed E-state index contributed by atoms with van der Waals surface area (Å²) in [6, 6.07) is 5.82. The molecule has 0 radical (unpaired) electrons. The monoisotopic (exact) mass is 292 g/mol. The molecule has 0 aromatic heterocycles. The molecule has 116 valence electrons. The SMILES string of the molecule is COc1ccc(CN2CCN(CCO)CC2)cc1C(=N)N. The minimum absolute atomic E-state index is 0.0291. The van der Waals surface area contributed by atoms with Gasteiger partial charge in [0.25, 0.3) is 0 Å². The molecular weight excluding hydrogens is 268 g/mol. The van der Waals surface area contributed by atoms with E-state index in [9.17, 15) is 0 Å². The molecule has 1 fully saturated rings. The van der Waals surface area contributed by atoms with Gasteiger partial charge in [0.05, 0.1) is 19.3 Å². The molecule has 0 atom stereocenters. The number of nitrogens with two attached hydrogens (primary N) is 1. The zero-order valence-corrected chi connectivity index (χ0v) is 12.5. The standard InChI is InChI=1S/C15H24N4O2/c1-21-14-3-2-12(10-13(14)15(16)17)11-19-6-4-18(5-7-19)8-9-20/h2-3,10,20H,4-9,11H2,1H3,(H3,16,17). The summed E-state index contributed by atoms with van der Waals surface area (Å²) in [5.74, 6) is 0.667. The Kier molecular flexibility index (Phi) is 5.55. The molecule has 21 heavy (non-hydrogen) atoms. The normalized spacial score (nSPS) is 16.9. The first-order chi connectivity index (χ1) is 10.1. The molecule has 6 heteroatoms. The topological polar surface area (TPSA) is 85.8 Å². The molecule has 2 rings (SSSR count). The molecule has 4 N–H and O–H groups in total. The van der Waals surface area contributed by atoms with E-state index < -0.39 is 0 Å². The van der Waals surface area contributed by atoms with Crippen molar-refractivity contribution in [3.63, 3.8) is 0 Å². The molecule has 1 aliphatic heterocycles. The second kappa shape index (κ2) is 7.40. The van der Waals surface area contributed by atoms with Crippen LogP contribution >= 0.6 is 0 Å². The van der Waals surface area contributed by atoms with Crippen LogP contribution in [0.2, 0.25) is 0 Å². The van der Waals surface area contributed by atoms with Crippen LogP contribution in [0.1, 0.15) is 11.1 Å². The third-order valence-corrected chi connectivity index (χ3v) is 3.84. The molecular formula is C15H24N4O2. The minimum Gasteiger partial charge on any atom is -0.496 e. The summed E-state index contributed by atoms with van der Waals surface area (Å²) in [5.41, 5.74) is 7.39. The summed E-state index contributed by atoms with van der Waals surface area (Å²) in [5, 5.41) is 16.6. The van der Waals surface area contributed by atoms with Crippen LogP contribution in [-0.2, 0) is 6.54 Å². The molecule has 0 saturated carbocycles. The maximum Gasteiger partial charge on any atom is 0.129 e. The predicted octanol–water partition coefficient (Wildman–Crippen LogP) is 0.0892. The molecule has 0 bridgehead atoms. The Morgan fingerprint density at radius 1 is 1.29 bits per heavy atom. The van der Waals surface area contributed by atoms with Gasteiger partial charge in [0.1, 0.15) is 11.6 Å². The third kappa shape index (κ3) is 4.17. The average molecular weight is 292 g/mol. The molecule has 1 aliphatic rings. The van der Waals surface area contributed by atoms with Gasteiger partial charge in [-0.1, -0.05) is 6.07 Å². The van der Waals surface area contributed by atoms with E-state index in [2.05, 4.69) is 9.80 Å². The van der Waals surface area contributed by atoms with Crippen molar-refractivity contribution in [2.24, 2.45) is 5.73 Å². The first kappa shape index (κ1) is 15.8. The van der Waals surface area contributed by atoms with Gasteiger partial charge in [-0.2, -0.15) is 0 Å². The Bertz CT molecular complexity index is 485. The number of aliphatic hydroxyl groups is 1. The van der Waals surface area contributed by atoms with Crippen LogP contribution in [0, 0.1) is 5.41 Å². The Balaban J connectivity index is 1.97. The molecule has 0 amide bonds. The highest BCUT2D eigenvalue weighted by Crippen LogP contribution is 2.20. The van der Waals surface area contributed by atoms with Gasteiger partial charge in [0.15, 0.2) is 0 Å². The van der Waals surface area contributed by atoms with Crippen molar-refractivity contribution < 1.29 is 9.84 Å². The number of rotatable bonds is 6. The van der Waals surface area contributed by atoms with Crippen LogP contribution in [0.15, 0.2) is 18.2 Å². The van der Waals surface area contributed by atoms with Gasteiger partial charge in [-0.05, 0) is 17.7 Å². The highest BCUT2D eigenvalue weighted by Gasteiger charge is 2.17. The molecule has 0 aliphatic carbocycles. The zero-order valence-electron chi connectivity index (χ0n) is 12.5. The van der Waals surface area contributed by atoms with Crippen LogP contribution in [0.3, 0.4) is 0 Å². The van der Waals surface area contributed by atoms with Crippen LogP contribution in [-0.4, -0.2) is 67.2 Å². The lowest BCUT2D eigenvalue weighted by atomic mass is 10.1. The lowest BCUT2D eigenvalue weighted by molar-refractivity contribution is 0.108. The minimum atomic E-state index is 0.0291. The fourth-order valence-electron chi connectivity index (χ4n) is 2.63. The third-order valence-electron chi connectivity index (χ3n) is 3.84. The van der Waals surface area contributed by atoms with Crippen molar-refractivity contribution in [3.8, 4) is 5.75 Å². The second-order valence-electron chi connectivity index (χ2n) is 5.29. The number of hydrogen-bond donors (Lipinski definition) is 3. The van der Waals surface area contributed by atoms with Crippen LogP contribution in [0.4, 0.5) is 0 Å². The number of hydrogen-bond acceptors (Lipinski definition) is 5. The van der Waals surface area contributed by atoms with Gasteiger partial charge >= 0.3 is 0 Å². The quantitative estimate of drug-likeness (QED) is 0.511. The summed E-state index contributed by atoms with van der Waals surface area (Å²) >= 11 is 0. The van der Waals surface area contributed by atoms with Crippen LogP contribution in [0.25, 0.3) is 0 Å². The van der Waals surface area contributed by atoms with Gasteiger partial charge in [0, 0.05) is 39.3 Å². The van der Waals surface area contributed by atoms with E-state index in [0.717, 1.165) is 44.8 Å². The van der Waals surface area contributed by atoms with Crippen molar-refractivity contribution in [1.82, 2.24) is 9.80 Å². The molecule has 0 spiro atoms. The van der Waals surface area contributed by atoms with E-state index in [1.807, 2.05) is 18.2 Å². The van der Waals surface area contributed by atoms with Crippen LogP contribution in [0.5, 0.6) is 5.75 Å². The maximum absolute atomic E-state index is 8.95. The average Bonchev–Trinajstić information content (AvgIpc) is 2.49. The van der Waals surface area contributed by atoms with Crippen molar-refractivity contribution in [3.05, 3.63) is 29.3 Å². The van der Waals surface area contributed by atoms with Gasteiger partial charge in [-0.25, -0.2) is 0 Å². The Morgan fingerprint density at radius 2 is 1.95 bits per heavy atom. The van der Waals surface area contributed by atoms with Gasteiger partial charge in [0.2, 0.25) is 0 Å². The maximum atomic E-state index is 8.95. The van der Waals surface area contributed by atoms with E-state index in [1.54, 1.807) is 7.11 Å². The fourth-order valence-corrected chi connectivity index (χ4v) is 2.63. The van der Waals surface area contributed by atoms with Gasteiger partial charge in [-0.3, -0.25) is 15.2 Å². The zero-order chi connectivity index (χ0) is 15.2. The summed E-state index contributed by atoms with van der Waals surface area (Å²) in [4.78, 5) is 4.64. The number of benzene rings is 1. The Morgan fingerprint density at radius 3 is 2.52 bits per heavy atom. The lowest BCUT2D eigenvalue weighted by Gasteiger charge is -2.34. The summed E-state index contributed by atoms with van der Waals surface area (Å²) in [7, 11) is 1.59. The predicted molar refractivity (Wildman–Crippen MR) is 82.8 cm³/mol. The first-order valence-electron chi connectivity index (χ1n) is 7.21. The summed E-state index contributed by atoms with van der Waals surface area (Å²) < 4.78 is 5.23. The Labute approximate surface area is 125 Å². The fraction of sp³-hybridized carbons (Fsp3) is 0.533. The van der Waals surface area contributed by atoms with Gasteiger partial charge in [-0.15, -0.1) is 0 Å². The second-order valence-corrected chi connectivity index (χ2v) is 5.29. The number of methoxy groups -OCH3 is 1. The Hall–Kier alpha value is -1.63. The van der Waals surface area contributed by atoms with E-state index >= 15 is 0 Å². The number of nitrogens with zero attached hydrogens (tertiary/aromatic N) is 2. The van der Waals surface area contributed by atoms with Crippen molar-refractivity contribution >= 4 is 5.84 Å². The smallest absolute Gasteiger partial charge is 0.129 e. The number of ether oxygens (including phenoxy) is 1. The van der Waals surface area contributed by atoms with Crippen molar-refractivity contribution in [2.75, 3.05) is 46.4 Å². The summed E-state index contributed by atoms with van der Waals surface area (Å²) in [6.45, 7) is 5.76. The highest BCUT2D eigenvalue weighted by molar-refractivity contribution is 5.97. The van der Waals surface area contributed by atoms with E-state index in [4.69, 9.17) is 21.0 Å². The number of nitrogens with one attached hydrogen (secondary N) is 1. The molecule has 1 saturated heterocycles. The highest BCUT2D eigenvalue weighted by atomic mass is 16.5.